The van der Waals surface area contributed by atoms with Crippen molar-refractivity contribution in [1.82, 2.24) is 9.88 Å². The first kappa shape index (κ1) is 14.8. The summed E-state index contributed by atoms with van der Waals surface area (Å²) in [5.74, 6) is 0.378. The zero-order chi connectivity index (χ0) is 15.7. The maximum atomic E-state index is 13.5. The van der Waals surface area contributed by atoms with Crippen LogP contribution in [0.1, 0.15) is 32.3 Å². The van der Waals surface area contributed by atoms with Gasteiger partial charge in [0.15, 0.2) is 0 Å². The molecule has 1 aromatic carbocycles. The van der Waals surface area contributed by atoms with Gasteiger partial charge in [0.1, 0.15) is 5.82 Å². The molecule has 0 fully saturated rings. The number of carbonyl (C=O) groups excluding carboxylic acids is 1. The van der Waals surface area contributed by atoms with E-state index in [1.165, 1.54) is 11.6 Å². The number of rotatable bonds is 3. The Hall–Kier alpha value is -2.10. The number of hydrogen-bond acceptors (Lipinski definition) is 1. The lowest BCUT2D eigenvalue weighted by Gasteiger charge is -2.27. The molecule has 2 heterocycles. The fourth-order valence-electron chi connectivity index (χ4n) is 2.98. The standard InChI is InChI=1S/C18H21FN2O/c1-12(2)9-18(22)21-7-5-13(6-8-21)16-11-20-17-4-3-14(19)10-15(16)17/h3-5,10-12,20H,6-9H2,1-2H3. The number of fused-ring (bicyclic) bond motifs is 1. The maximum absolute atomic E-state index is 13.5. The Morgan fingerprint density at radius 3 is 2.91 bits per heavy atom. The zero-order valence-electron chi connectivity index (χ0n) is 13.0. The van der Waals surface area contributed by atoms with Crippen LogP contribution in [-0.4, -0.2) is 28.9 Å². The fraction of sp³-hybridized carbons (Fsp3) is 0.389. The molecule has 0 aliphatic carbocycles. The van der Waals surface area contributed by atoms with E-state index in [0.717, 1.165) is 29.4 Å². The van der Waals surface area contributed by atoms with Crippen molar-refractivity contribution >= 4 is 22.4 Å². The second kappa shape index (κ2) is 5.95. The largest absolute Gasteiger partial charge is 0.361 e. The van der Waals surface area contributed by atoms with E-state index in [9.17, 15) is 9.18 Å². The number of aromatic nitrogens is 1. The molecule has 3 rings (SSSR count). The molecular weight excluding hydrogens is 279 g/mol. The van der Waals surface area contributed by atoms with Gasteiger partial charge in [0.2, 0.25) is 5.91 Å². The van der Waals surface area contributed by atoms with Crippen LogP contribution in [0.3, 0.4) is 0 Å². The van der Waals surface area contributed by atoms with Gasteiger partial charge in [-0.05, 0) is 36.1 Å². The summed E-state index contributed by atoms with van der Waals surface area (Å²) >= 11 is 0. The highest BCUT2D eigenvalue weighted by molar-refractivity contribution is 5.93. The summed E-state index contributed by atoms with van der Waals surface area (Å²) in [6, 6.07) is 4.79. The van der Waals surface area contributed by atoms with Crippen LogP contribution in [0.2, 0.25) is 0 Å². The van der Waals surface area contributed by atoms with Crippen molar-refractivity contribution in [3.8, 4) is 0 Å². The second-order valence-corrected chi connectivity index (χ2v) is 6.31. The van der Waals surface area contributed by atoms with Crippen molar-refractivity contribution in [2.24, 2.45) is 5.92 Å². The molecule has 4 heteroatoms. The van der Waals surface area contributed by atoms with E-state index in [0.29, 0.717) is 18.9 Å². The molecule has 2 aromatic rings. The molecule has 1 aliphatic heterocycles. The second-order valence-electron chi connectivity index (χ2n) is 6.31. The minimum atomic E-state index is -0.224. The molecule has 0 spiro atoms. The normalized spacial score (nSPS) is 15.5. The average molecular weight is 300 g/mol. The molecule has 116 valence electrons. The maximum Gasteiger partial charge on any atom is 0.223 e. The summed E-state index contributed by atoms with van der Waals surface area (Å²) in [6.07, 6.45) is 5.44. The van der Waals surface area contributed by atoms with Crippen molar-refractivity contribution < 1.29 is 9.18 Å². The van der Waals surface area contributed by atoms with E-state index in [1.54, 1.807) is 12.1 Å². The molecule has 0 saturated heterocycles. The molecule has 0 atom stereocenters. The molecule has 1 N–H and O–H groups in total. The highest BCUT2D eigenvalue weighted by Gasteiger charge is 2.20. The third-order valence-electron chi connectivity index (χ3n) is 4.13. The van der Waals surface area contributed by atoms with Gasteiger partial charge in [-0.25, -0.2) is 4.39 Å². The fourth-order valence-corrected chi connectivity index (χ4v) is 2.98. The number of nitrogens with zero attached hydrogens (tertiary/aromatic N) is 1. The first-order chi connectivity index (χ1) is 10.5. The van der Waals surface area contributed by atoms with Crippen LogP contribution in [-0.2, 0) is 4.79 Å². The van der Waals surface area contributed by atoms with Gasteiger partial charge in [0, 0.05) is 42.2 Å². The topological polar surface area (TPSA) is 36.1 Å². The van der Waals surface area contributed by atoms with E-state index in [1.807, 2.05) is 11.1 Å². The Morgan fingerprint density at radius 2 is 2.23 bits per heavy atom. The van der Waals surface area contributed by atoms with Gasteiger partial charge in [-0.1, -0.05) is 19.9 Å². The Balaban J connectivity index is 1.80. The van der Waals surface area contributed by atoms with Crippen molar-refractivity contribution in [3.63, 3.8) is 0 Å². The molecule has 1 aliphatic rings. The van der Waals surface area contributed by atoms with E-state index in [4.69, 9.17) is 0 Å². The van der Waals surface area contributed by atoms with Crippen LogP contribution in [0.15, 0.2) is 30.5 Å². The predicted molar refractivity (Wildman–Crippen MR) is 86.9 cm³/mol. The van der Waals surface area contributed by atoms with Crippen LogP contribution in [0.4, 0.5) is 4.39 Å². The Kier molecular flexibility index (Phi) is 4.01. The number of amides is 1. The summed E-state index contributed by atoms with van der Waals surface area (Å²) in [6.45, 7) is 5.50. The van der Waals surface area contributed by atoms with E-state index >= 15 is 0 Å². The third kappa shape index (κ3) is 2.91. The van der Waals surface area contributed by atoms with E-state index < -0.39 is 0 Å². The Morgan fingerprint density at radius 1 is 1.41 bits per heavy atom. The third-order valence-corrected chi connectivity index (χ3v) is 4.13. The smallest absolute Gasteiger partial charge is 0.223 e. The lowest BCUT2D eigenvalue weighted by molar-refractivity contribution is -0.131. The number of benzene rings is 1. The average Bonchev–Trinajstić information content (AvgIpc) is 2.89. The van der Waals surface area contributed by atoms with Gasteiger partial charge in [-0.2, -0.15) is 0 Å². The van der Waals surface area contributed by atoms with Crippen molar-refractivity contribution in [2.45, 2.75) is 26.7 Å². The van der Waals surface area contributed by atoms with Gasteiger partial charge < -0.3 is 9.88 Å². The molecule has 22 heavy (non-hydrogen) atoms. The highest BCUT2D eigenvalue weighted by Crippen LogP contribution is 2.29. The molecule has 0 unspecified atom stereocenters. The number of H-pyrrole nitrogens is 1. The van der Waals surface area contributed by atoms with Gasteiger partial charge in [-0.3, -0.25) is 4.79 Å². The first-order valence-corrected chi connectivity index (χ1v) is 7.78. The Labute approximate surface area is 129 Å². The monoisotopic (exact) mass is 300 g/mol. The quantitative estimate of drug-likeness (QED) is 0.915. The molecule has 3 nitrogen and oxygen atoms in total. The number of halogens is 1. The number of aromatic amines is 1. The van der Waals surface area contributed by atoms with Crippen LogP contribution in [0.5, 0.6) is 0 Å². The summed E-state index contributed by atoms with van der Waals surface area (Å²) in [5.41, 5.74) is 3.17. The molecule has 0 saturated carbocycles. The van der Waals surface area contributed by atoms with Gasteiger partial charge >= 0.3 is 0 Å². The van der Waals surface area contributed by atoms with Crippen molar-refractivity contribution in [3.05, 3.63) is 41.9 Å². The van der Waals surface area contributed by atoms with Crippen LogP contribution in [0.25, 0.3) is 16.5 Å². The lowest BCUT2D eigenvalue weighted by Crippen LogP contribution is -2.35. The van der Waals surface area contributed by atoms with Gasteiger partial charge in [0.25, 0.3) is 0 Å². The molecular formula is C18H21FN2O. The SMILES string of the molecule is CC(C)CC(=O)N1CC=C(c2c[nH]c3ccc(F)cc23)CC1. The minimum Gasteiger partial charge on any atom is -0.361 e. The number of carbonyl (C=O) groups is 1. The number of nitrogens with one attached hydrogen (secondary N) is 1. The first-order valence-electron chi connectivity index (χ1n) is 7.78. The molecule has 1 aromatic heterocycles. The van der Waals surface area contributed by atoms with E-state index in [-0.39, 0.29) is 11.7 Å². The van der Waals surface area contributed by atoms with Gasteiger partial charge in [0.05, 0.1) is 0 Å². The minimum absolute atomic E-state index is 0.218. The summed E-state index contributed by atoms with van der Waals surface area (Å²) in [7, 11) is 0. The van der Waals surface area contributed by atoms with Gasteiger partial charge in [-0.15, -0.1) is 0 Å². The van der Waals surface area contributed by atoms with Crippen LogP contribution < -0.4 is 0 Å². The summed E-state index contributed by atoms with van der Waals surface area (Å²) in [5, 5.41) is 0.910. The van der Waals surface area contributed by atoms with Crippen LogP contribution >= 0.6 is 0 Å². The lowest BCUT2D eigenvalue weighted by atomic mass is 9.98. The van der Waals surface area contributed by atoms with Crippen molar-refractivity contribution in [1.29, 1.82) is 0 Å². The van der Waals surface area contributed by atoms with Crippen LogP contribution in [0, 0.1) is 11.7 Å². The molecule has 0 bridgehead atoms. The number of hydrogen-bond donors (Lipinski definition) is 1. The van der Waals surface area contributed by atoms with E-state index in [2.05, 4.69) is 24.9 Å². The summed E-state index contributed by atoms with van der Waals surface area (Å²) < 4.78 is 13.5. The highest BCUT2D eigenvalue weighted by atomic mass is 19.1. The van der Waals surface area contributed by atoms with Crippen molar-refractivity contribution in [2.75, 3.05) is 13.1 Å². The zero-order valence-corrected chi connectivity index (χ0v) is 13.0. The predicted octanol–water partition coefficient (Wildman–Crippen LogP) is 3.97. The Bertz CT molecular complexity index is 730. The molecule has 1 amide bonds. The molecule has 0 radical (unpaired) electrons. The summed E-state index contributed by atoms with van der Waals surface area (Å²) in [4.78, 5) is 17.2.